The van der Waals surface area contributed by atoms with E-state index < -0.39 is 18.1 Å². The molecule has 0 bridgehead atoms. The van der Waals surface area contributed by atoms with Gasteiger partial charge in [-0.1, -0.05) is 24.6 Å². The Morgan fingerprint density at radius 1 is 1.08 bits per heavy atom. The fourth-order valence-electron chi connectivity index (χ4n) is 5.51. The average molecular weight is 505 g/mol. The van der Waals surface area contributed by atoms with Crippen molar-refractivity contribution in [2.45, 2.75) is 57.5 Å². The number of anilines is 1. The monoisotopic (exact) mass is 504 g/mol. The number of fused-ring (bicyclic) bond motifs is 2. The molecule has 192 valence electrons. The van der Waals surface area contributed by atoms with Gasteiger partial charge in [0.1, 0.15) is 5.75 Å². The van der Waals surface area contributed by atoms with Crippen LogP contribution in [0.1, 0.15) is 61.0 Å². The van der Waals surface area contributed by atoms with E-state index in [1.165, 1.54) is 19.1 Å². The van der Waals surface area contributed by atoms with E-state index in [9.17, 15) is 27.6 Å². The fourth-order valence-corrected chi connectivity index (χ4v) is 5.51. The summed E-state index contributed by atoms with van der Waals surface area (Å²) in [5.74, 6) is -1.88. The number of para-hydroxylation sites is 1. The van der Waals surface area contributed by atoms with Gasteiger partial charge in [-0.15, -0.1) is 13.2 Å². The first-order valence-corrected chi connectivity index (χ1v) is 11.8. The number of carbonyl (C=O) groups excluding carboxylic acids is 2. The Bertz CT molecular complexity index is 1140. The predicted octanol–water partition coefficient (Wildman–Crippen LogP) is 5.17. The standard InChI is InChI=1S/C26H27F3N2O5/c1-16(32)30(15-5-10-23(33)34)24-19-6-2-3-8-21(19)31(22-9-4-7-20(22)24)25(35)17-11-13-18(14-12-17)36-26(27,28)29/h2-3,6,8,11-14,20,22,24H,4-5,7,9-10,15H2,1H3,(H,33,34)/t20-,22+,24-/m0/s1. The molecule has 0 spiro atoms. The van der Waals surface area contributed by atoms with Crippen LogP contribution in [0.2, 0.25) is 0 Å². The van der Waals surface area contributed by atoms with Crippen LogP contribution >= 0.6 is 0 Å². The van der Waals surface area contributed by atoms with Gasteiger partial charge in [-0.25, -0.2) is 0 Å². The molecule has 4 rings (SSSR count). The SMILES string of the molecule is CC(=O)N(CCCC(=O)O)[C@H]1c2ccccc2N(C(=O)c2ccc(OC(F)(F)F)cc2)[C@@H]2CCC[C@@H]21. The molecule has 1 fully saturated rings. The van der Waals surface area contributed by atoms with Gasteiger partial charge in [0, 0.05) is 43.1 Å². The number of rotatable bonds is 7. The number of hydrogen-bond acceptors (Lipinski definition) is 4. The smallest absolute Gasteiger partial charge is 0.481 e. The maximum atomic E-state index is 13.7. The van der Waals surface area contributed by atoms with E-state index in [1.807, 2.05) is 18.2 Å². The van der Waals surface area contributed by atoms with Crippen molar-refractivity contribution in [3.05, 3.63) is 59.7 Å². The van der Waals surface area contributed by atoms with Gasteiger partial charge in [0.15, 0.2) is 0 Å². The number of ether oxygens (including phenoxy) is 1. The van der Waals surface area contributed by atoms with Gasteiger partial charge in [-0.05, 0) is 55.2 Å². The van der Waals surface area contributed by atoms with Crippen LogP contribution in [0.3, 0.4) is 0 Å². The molecule has 1 heterocycles. The van der Waals surface area contributed by atoms with Gasteiger partial charge in [0.05, 0.1) is 6.04 Å². The summed E-state index contributed by atoms with van der Waals surface area (Å²) in [6.45, 7) is 1.76. The number of hydrogen-bond donors (Lipinski definition) is 1. The van der Waals surface area contributed by atoms with E-state index in [4.69, 9.17) is 5.11 Å². The summed E-state index contributed by atoms with van der Waals surface area (Å²) in [4.78, 5) is 40.8. The zero-order valence-electron chi connectivity index (χ0n) is 19.7. The van der Waals surface area contributed by atoms with Crippen molar-refractivity contribution in [3.63, 3.8) is 0 Å². The summed E-state index contributed by atoms with van der Waals surface area (Å²) in [5, 5.41) is 9.05. The maximum Gasteiger partial charge on any atom is 0.573 e. The third-order valence-electron chi connectivity index (χ3n) is 6.87. The molecule has 0 saturated heterocycles. The fraction of sp³-hybridized carbons (Fsp3) is 0.423. The molecule has 1 aliphatic carbocycles. The van der Waals surface area contributed by atoms with E-state index in [-0.39, 0.29) is 41.8 Å². The number of halogens is 3. The van der Waals surface area contributed by atoms with Crippen LogP contribution in [0.5, 0.6) is 5.75 Å². The Balaban J connectivity index is 1.68. The average Bonchev–Trinajstić information content (AvgIpc) is 3.28. The van der Waals surface area contributed by atoms with Crippen LogP contribution in [-0.4, -0.2) is 46.7 Å². The molecule has 1 saturated carbocycles. The summed E-state index contributed by atoms with van der Waals surface area (Å²) in [6.07, 6.45) is -2.20. The molecule has 7 nitrogen and oxygen atoms in total. The van der Waals surface area contributed by atoms with Crippen molar-refractivity contribution in [2.24, 2.45) is 5.92 Å². The van der Waals surface area contributed by atoms with Gasteiger partial charge in [-0.3, -0.25) is 14.4 Å². The Labute approximate surface area is 206 Å². The molecule has 2 aromatic carbocycles. The first kappa shape index (κ1) is 25.5. The molecule has 2 amide bonds. The van der Waals surface area contributed by atoms with Crippen LogP contribution in [-0.2, 0) is 9.59 Å². The van der Waals surface area contributed by atoms with Gasteiger partial charge in [0.2, 0.25) is 5.91 Å². The predicted molar refractivity (Wildman–Crippen MR) is 125 cm³/mol. The maximum absolute atomic E-state index is 13.7. The topological polar surface area (TPSA) is 87.2 Å². The van der Waals surface area contributed by atoms with Gasteiger partial charge < -0.3 is 19.6 Å². The molecule has 0 aromatic heterocycles. The van der Waals surface area contributed by atoms with Crippen LogP contribution in [0.15, 0.2) is 48.5 Å². The van der Waals surface area contributed by atoms with Gasteiger partial charge in [0.25, 0.3) is 5.91 Å². The molecular weight excluding hydrogens is 477 g/mol. The van der Waals surface area contributed by atoms with Crippen molar-refractivity contribution in [3.8, 4) is 5.75 Å². The molecule has 0 unspecified atom stereocenters. The number of nitrogens with zero attached hydrogens (tertiary/aromatic N) is 2. The largest absolute Gasteiger partial charge is 0.573 e. The van der Waals surface area contributed by atoms with Crippen molar-refractivity contribution in [2.75, 3.05) is 11.4 Å². The van der Waals surface area contributed by atoms with Crippen LogP contribution in [0, 0.1) is 5.92 Å². The second kappa shape index (κ2) is 10.2. The number of benzene rings is 2. The lowest BCUT2D eigenvalue weighted by Gasteiger charge is -2.47. The molecule has 2 aliphatic rings. The molecule has 2 aromatic rings. The van der Waals surface area contributed by atoms with E-state index in [1.54, 1.807) is 15.9 Å². The minimum atomic E-state index is -4.82. The van der Waals surface area contributed by atoms with Crippen molar-refractivity contribution in [1.29, 1.82) is 0 Å². The van der Waals surface area contributed by atoms with E-state index >= 15 is 0 Å². The second-order valence-corrected chi connectivity index (χ2v) is 9.12. The lowest BCUT2D eigenvalue weighted by atomic mass is 9.81. The Hall–Kier alpha value is -3.56. The zero-order chi connectivity index (χ0) is 26.0. The number of amides is 2. The number of alkyl halides is 3. The van der Waals surface area contributed by atoms with Crippen molar-refractivity contribution in [1.82, 2.24) is 4.90 Å². The molecule has 3 atom stereocenters. The lowest BCUT2D eigenvalue weighted by molar-refractivity contribution is -0.274. The van der Waals surface area contributed by atoms with E-state index in [2.05, 4.69) is 4.74 Å². The highest BCUT2D eigenvalue weighted by molar-refractivity contribution is 6.07. The second-order valence-electron chi connectivity index (χ2n) is 9.12. The first-order chi connectivity index (χ1) is 17.1. The normalized spacial score (nSPS) is 20.9. The summed E-state index contributed by atoms with van der Waals surface area (Å²) in [5.41, 5.74) is 1.68. The molecule has 0 radical (unpaired) electrons. The van der Waals surface area contributed by atoms with E-state index in [0.29, 0.717) is 18.7 Å². The molecule has 1 N–H and O–H groups in total. The Morgan fingerprint density at radius 2 is 1.78 bits per heavy atom. The molecule has 10 heteroatoms. The summed E-state index contributed by atoms with van der Waals surface area (Å²) >= 11 is 0. The van der Waals surface area contributed by atoms with Crippen LogP contribution in [0.25, 0.3) is 0 Å². The van der Waals surface area contributed by atoms with E-state index in [0.717, 1.165) is 37.0 Å². The van der Waals surface area contributed by atoms with Crippen LogP contribution < -0.4 is 9.64 Å². The third kappa shape index (κ3) is 5.32. The quantitative estimate of drug-likeness (QED) is 0.562. The minimum Gasteiger partial charge on any atom is -0.481 e. The van der Waals surface area contributed by atoms with Crippen molar-refractivity contribution < 1.29 is 37.4 Å². The lowest BCUT2D eigenvalue weighted by Crippen LogP contribution is -2.52. The highest BCUT2D eigenvalue weighted by atomic mass is 19.4. The van der Waals surface area contributed by atoms with Crippen LogP contribution in [0.4, 0.5) is 18.9 Å². The Kier molecular flexibility index (Phi) is 7.23. The van der Waals surface area contributed by atoms with Gasteiger partial charge >= 0.3 is 12.3 Å². The summed E-state index contributed by atoms with van der Waals surface area (Å²) < 4.78 is 41.5. The number of aliphatic carboxylic acids is 1. The number of carboxylic acids is 1. The zero-order valence-corrected chi connectivity index (χ0v) is 19.7. The summed E-state index contributed by atoms with van der Waals surface area (Å²) in [6, 6.07) is 11.7. The minimum absolute atomic E-state index is 0.0505. The third-order valence-corrected chi connectivity index (χ3v) is 6.87. The number of carbonyl (C=O) groups is 3. The highest BCUT2D eigenvalue weighted by Gasteiger charge is 2.48. The first-order valence-electron chi connectivity index (χ1n) is 11.8. The molecule has 1 aliphatic heterocycles. The summed E-state index contributed by atoms with van der Waals surface area (Å²) in [7, 11) is 0. The Morgan fingerprint density at radius 3 is 2.42 bits per heavy atom. The highest BCUT2D eigenvalue weighted by Crippen LogP contribution is 2.50. The molecule has 36 heavy (non-hydrogen) atoms. The van der Waals surface area contributed by atoms with Crippen molar-refractivity contribution >= 4 is 23.5 Å². The number of carboxylic acid groups (broad SMARTS) is 1. The van der Waals surface area contributed by atoms with Gasteiger partial charge in [-0.2, -0.15) is 0 Å². The molecular formula is C26H27F3N2O5.